The van der Waals surface area contributed by atoms with Gasteiger partial charge in [-0.25, -0.2) is 4.98 Å². The first-order valence-electron chi connectivity index (χ1n) is 7.55. The van der Waals surface area contributed by atoms with Crippen LogP contribution in [0.5, 0.6) is 0 Å². The fourth-order valence-electron chi connectivity index (χ4n) is 3.21. The Kier molecular flexibility index (Phi) is 3.86. The molecule has 116 valence electrons. The van der Waals surface area contributed by atoms with Crippen molar-refractivity contribution in [2.45, 2.75) is 51.5 Å². The molecule has 2 saturated heterocycles. The molecular weight excluding hydrogens is 270 g/mol. The van der Waals surface area contributed by atoms with Crippen LogP contribution in [0.25, 0.3) is 0 Å². The zero-order chi connectivity index (χ0) is 15.0. The molecule has 3 rings (SSSR count). The van der Waals surface area contributed by atoms with Gasteiger partial charge in [-0.3, -0.25) is 9.69 Å². The van der Waals surface area contributed by atoms with E-state index in [0.717, 1.165) is 24.5 Å². The summed E-state index contributed by atoms with van der Waals surface area (Å²) in [5.74, 6) is 0.725. The van der Waals surface area contributed by atoms with Crippen molar-refractivity contribution in [2.24, 2.45) is 0 Å². The lowest BCUT2D eigenvalue weighted by atomic mass is 10.0. The number of hydrogen-bond donors (Lipinski definition) is 1. The predicted octanol–water partition coefficient (Wildman–Crippen LogP) is 0.711. The molecule has 0 aromatic carbocycles. The lowest BCUT2D eigenvalue weighted by Crippen LogP contribution is -2.58. The van der Waals surface area contributed by atoms with E-state index < -0.39 is 0 Å². The monoisotopic (exact) mass is 293 g/mol. The first-order chi connectivity index (χ1) is 9.97. The minimum Gasteiger partial charge on any atom is -0.377 e. The summed E-state index contributed by atoms with van der Waals surface area (Å²) in [6.45, 7) is 8.94. The summed E-state index contributed by atoms with van der Waals surface area (Å²) in [6.07, 6.45) is 0.871. The Balaban J connectivity index is 1.82. The van der Waals surface area contributed by atoms with Crippen molar-refractivity contribution in [3.05, 3.63) is 27.9 Å². The highest BCUT2D eigenvalue weighted by Crippen LogP contribution is 2.30. The van der Waals surface area contributed by atoms with Crippen LogP contribution in [0.15, 0.2) is 10.9 Å². The van der Waals surface area contributed by atoms with Gasteiger partial charge in [-0.05, 0) is 20.3 Å². The van der Waals surface area contributed by atoms with Crippen molar-refractivity contribution in [3.8, 4) is 0 Å². The van der Waals surface area contributed by atoms with Crippen LogP contribution < -0.4 is 5.56 Å². The summed E-state index contributed by atoms with van der Waals surface area (Å²) >= 11 is 0. The molecule has 2 aliphatic heterocycles. The summed E-state index contributed by atoms with van der Waals surface area (Å²) in [7, 11) is 0. The first kappa shape index (κ1) is 14.7. The third-order valence-corrected chi connectivity index (χ3v) is 4.08. The quantitative estimate of drug-likeness (QED) is 0.889. The standard InChI is InChI=1S/C15H23N3O3/c1-4-10-5-14(19)17-13(16-10)6-18-9-15(2,3)21-12-8-20-7-11(12)18/h5,11-12H,4,6-9H2,1-3H3,(H,16,17,19)/t11-,12-/m1/s1. The largest absolute Gasteiger partial charge is 0.377 e. The minimum absolute atomic E-state index is 0.0800. The Bertz CT molecular complexity index is 570. The second-order valence-corrected chi connectivity index (χ2v) is 6.46. The second-order valence-electron chi connectivity index (χ2n) is 6.46. The van der Waals surface area contributed by atoms with E-state index in [1.54, 1.807) is 6.07 Å². The van der Waals surface area contributed by atoms with Crippen molar-refractivity contribution in [1.29, 1.82) is 0 Å². The van der Waals surface area contributed by atoms with Crippen LogP contribution in [-0.2, 0) is 22.4 Å². The van der Waals surface area contributed by atoms with E-state index in [-0.39, 0.29) is 23.3 Å². The van der Waals surface area contributed by atoms with Gasteiger partial charge < -0.3 is 14.5 Å². The van der Waals surface area contributed by atoms with E-state index in [4.69, 9.17) is 9.47 Å². The van der Waals surface area contributed by atoms with Crippen LogP contribution in [0.1, 0.15) is 32.3 Å². The van der Waals surface area contributed by atoms with Crippen LogP contribution in [0.4, 0.5) is 0 Å². The third kappa shape index (κ3) is 3.17. The highest BCUT2D eigenvalue weighted by molar-refractivity contribution is 5.04. The lowest BCUT2D eigenvalue weighted by molar-refractivity contribution is -0.151. The van der Waals surface area contributed by atoms with Gasteiger partial charge in [0.25, 0.3) is 5.56 Å². The average molecular weight is 293 g/mol. The Morgan fingerprint density at radius 2 is 2.29 bits per heavy atom. The number of aromatic nitrogens is 2. The zero-order valence-electron chi connectivity index (χ0n) is 12.9. The molecule has 0 radical (unpaired) electrons. The minimum atomic E-state index is -0.211. The number of aromatic amines is 1. The van der Waals surface area contributed by atoms with Crippen LogP contribution in [-0.4, -0.2) is 52.4 Å². The van der Waals surface area contributed by atoms with Gasteiger partial charge in [-0.2, -0.15) is 0 Å². The summed E-state index contributed by atoms with van der Waals surface area (Å²) in [6, 6.07) is 1.81. The molecule has 2 atom stereocenters. The van der Waals surface area contributed by atoms with Crippen molar-refractivity contribution in [1.82, 2.24) is 14.9 Å². The lowest BCUT2D eigenvalue weighted by Gasteiger charge is -2.44. The van der Waals surface area contributed by atoms with E-state index in [9.17, 15) is 4.79 Å². The van der Waals surface area contributed by atoms with Gasteiger partial charge in [0.15, 0.2) is 0 Å². The molecule has 0 spiro atoms. The van der Waals surface area contributed by atoms with E-state index in [1.165, 1.54) is 0 Å². The third-order valence-electron chi connectivity index (χ3n) is 4.08. The molecule has 1 N–H and O–H groups in total. The highest BCUT2D eigenvalue weighted by atomic mass is 16.6. The molecule has 2 fully saturated rings. The highest BCUT2D eigenvalue weighted by Gasteiger charge is 2.44. The molecule has 21 heavy (non-hydrogen) atoms. The number of fused-ring (bicyclic) bond motifs is 1. The second kappa shape index (κ2) is 5.51. The van der Waals surface area contributed by atoms with E-state index in [0.29, 0.717) is 19.8 Å². The molecule has 0 bridgehead atoms. The van der Waals surface area contributed by atoms with Gasteiger partial charge in [0.1, 0.15) is 5.82 Å². The molecule has 0 unspecified atom stereocenters. The SMILES string of the molecule is CCc1cc(=O)[nH]c(CN2CC(C)(C)O[C@@H]3COC[C@H]32)n1. The number of H-pyrrole nitrogens is 1. The maximum absolute atomic E-state index is 11.7. The van der Waals surface area contributed by atoms with Gasteiger partial charge in [0.05, 0.1) is 37.5 Å². The fraction of sp³-hybridized carbons (Fsp3) is 0.733. The molecule has 1 aromatic heterocycles. The number of nitrogens with zero attached hydrogens (tertiary/aromatic N) is 2. The van der Waals surface area contributed by atoms with E-state index in [1.807, 2.05) is 6.92 Å². The molecular formula is C15H23N3O3. The number of aryl methyl sites for hydroxylation is 1. The maximum atomic E-state index is 11.7. The summed E-state index contributed by atoms with van der Waals surface area (Å²) in [5, 5.41) is 0. The fourth-order valence-corrected chi connectivity index (χ4v) is 3.21. The Morgan fingerprint density at radius 3 is 3.05 bits per heavy atom. The molecule has 1 aromatic rings. The van der Waals surface area contributed by atoms with Gasteiger partial charge in [-0.1, -0.05) is 6.92 Å². The van der Waals surface area contributed by atoms with Crippen molar-refractivity contribution < 1.29 is 9.47 Å². The molecule has 0 aliphatic carbocycles. The van der Waals surface area contributed by atoms with E-state index in [2.05, 4.69) is 28.7 Å². The predicted molar refractivity (Wildman–Crippen MR) is 78.2 cm³/mol. The van der Waals surface area contributed by atoms with Crippen molar-refractivity contribution in [2.75, 3.05) is 19.8 Å². The van der Waals surface area contributed by atoms with Gasteiger partial charge in [0.2, 0.25) is 0 Å². The smallest absolute Gasteiger partial charge is 0.251 e. The van der Waals surface area contributed by atoms with Crippen LogP contribution >= 0.6 is 0 Å². The Labute approximate surface area is 124 Å². The Morgan fingerprint density at radius 1 is 1.48 bits per heavy atom. The number of rotatable bonds is 3. The molecule has 6 nitrogen and oxygen atoms in total. The molecule has 0 amide bonds. The normalized spacial score (nSPS) is 28.5. The first-order valence-corrected chi connectivity index (χ1v) is 7.55. The number of nitrogens with one attached hydrogen (secondary N) is 1. The van der Waals surface area contributed by atoms with Crippen LogP contribution in [0.3, 0.4) is 0 Å². The summed E-state index contributed by atoms with van der Waals surface area (Å²) in [4.78, 5) is 21.4. The van der Waals surface area contributed by atoms with Crippen LogP contribution in [0, 0.1) is 0 Å². The van der Waals surface area contributed by atoms with Gasteiger partial charge in [0, 0.05) is 18.3 Å². The van der Waals surface area contributed by atoms with Crippen molar-refractivity contribution >= 4 is 0 Å². The van der Waals surface area contributed by atoms with E-state index >= 15 is 0 Å². The zero-order valence-corrected chi connectivity index (χ0v) is 12.9. The number of hydrogen-bond acceptors (Lipinski definition) is 5. The molecule has 3 heterocycles. The average Bonchev–Trinajstić information content (AvgIpc) is 2.84. The van der Waals surface area contributed by atoms with Crippen LogP contribution in [0.2, 0.25) is 0 Å². The number of morpholine rings is 1. The number of ether oxygens (including phenoxy) is 2. The van der Waals surface area contributed by atoms with Gasteiger partial charge >= 0.3 is 0 Å². The van der Waals surface area contributed by atoms with Gasteiger partial charge in [-0.15, -0.1) is 0 Å². The molecule has 6 heteroatoms. The summed E-state index contributed by atoms with van der Waals surface area (Å²) in [5.41, 5.74) is 0.543. The Hall–Kier alpha value is -1.24. The molecule has 2 aliphatic rings. The maximum Gasteiger partial charge on any atom is 0.251 e. The topological polar surface area (TPSA) is 67.5 Å². The van der Waals surface area contributed by atoms with Crippen molar-refractivity contribution in [3.63, 3.8) is 0 Å². The summed E-state index contributed by atoms with van der Waals surface area (Å²) < 4.78 is 11.6. The molecule has 0 saturated carbocycles.